The summed E-state index contributed by atoms with van der Waals surface area (Å²) in [6.45, 7) is 1.11. The molecule has 0 aliphatic carbocycles. The molecule has 0 fully saturated rings. The minimum Gasteiger partial charge on any atom is -0.478 e. The summed E-state index contributed by atoms with van der Waals surface area (Å²) in [4.78, 5) is 15.3. The van der Waals surface area contributed by atoms with Gasteiger partial charge in [0, 0.05) is 22.2 Å². The highest BCUT2D eigenvalue weighted by atomic mass is 35.5. The van der Waals surface area contributed by atoms with Gasteiger partial charge in [-0.25, -0.2) is 4.79 Å². The lowest BCUT2D eigenvalue weighted by Crippen LogP contribution is -2.43. The molecule has 0 unspecified atom stereocenters. The Morgan fingerprint density at radius 1 is 1.15 bits per heavy atom. The number of hydrogen-bond acceptors (Lipinski definition) is 2. The van der Waals surface area contributed by atoms with Crippen LogP contribution in [0, 0.1) is 6.92 Å². The molecule has 0 amide bonds. The molecule has 0 aromatic heterocycles. The SMILES string of the molecule is Cc1cc(C2=NC[C@@](c3cc(Cl)cc(Cl)c3)(C(F)(F)F)C2)ccc1C(=O)O. The molecule has 0 spiro atoms. The van der Waals surface area contributed by atoms with Gasteiger partial charge in [0.05, 0.1) is 12.1 Å². The Morgan fingerprint density at radius 2 is 1.78 bits per heavy atom. The van der Waals surface area contributed by atoms with Crippen LogP contribution in [0.3, 0.4) is 0 Å². The van der Waals surface area contributed by atoms with Crippen molar-refractivity contribution < 1.29 is 23.1 Å². The molecule has 27 heavy (non-hydrogen) atoms. The molecule has 8 heteroatoms. The molecule has 2 aromatic rings. The third kappa shape index (κ3) is 3.56. The van der Waals surface area contributed by atoms with E-state index in [0.717, 1.165) is 0 Å². The summed E-state index contributed by atoms with van der Waals surface area (Å²) in [6, 6.07) is 8.30. The molecule has 0 radical (unpaired) electrons. The zero-order valence-electron chi connectivity index (χ0n) is 14.1. The van der Waals surface area contributed by atoms with E-state index in [9.17, 15) is 18.0 Å². The molecule has 0 saturated heterocycles. The number of nitrogens with zero attached hydrogens (tertiary/aromatic N) is 1. The number of aliphatic imine (C=N–C) groups is 1. The number of alkyl halides is 3. The van der Waals surface area contributed by atoms with Crippen molar-refractivity contribution >= 4 is 34.9 Å². The summed E-state index contributed by atoms with van der Waals surface area (Å²) in [6.07, 6.45) is -4.94. The summed E-state index contributed by atoms with van der Waals surface area (Å²) in [5.41, 5.74) is -0.972. The predicted molar refractivity (Wildman–Crippen MR) is 98.4 cm³/mol. The van der Waals surface area contributed by atoms with Gasteiger partial charge in [0.1, 0.15) is 5.41 Å². The van der Waals surface area contributed by atoms with Crippen LogP contribution in [-0.4, -0.2) is 29.5 Å². The topological polar surface area (TPSA) is 49.7 Å². The first kappa shape index (κ1) is 19.7. The second-order valence-electron chi connectivity index (χ2n) is 6.51. The van der Waals surface area contributed by atoms with E-state index >= 15 is 0 Å². The van der Waals surface area contributed by atoms with Crippen molar-refractivity contribution in [3.05, 3.63) is 68.7 Å². The van der Waals surface area contributed by atoms with E-state index in [0.29, 0.717) is 11.1 Å². The second kappa shape index (κ2) is 6.84. The predicted octanol–water partition coefficient (Wildman–Crippen LogP) is 5.69. The van der Waals surface area contributed by atoms with Crippen molar-refractivity contribution in [1.29, 1.82) is 0 Å². The number of carbonyl (C=O) groups is 1. The minimum atomic E-state index is -4.57. The lowest BCUT2D eigenvalue weighted by Gasteiger charge is -2.31. The van der Waals surface area contributed by atoms with Gasteiger partial charge in [-0.2, -0.15) is 13.2 Å². The molecular weight excluding hydrogens is 402 g/mol. The van der Waals surface area contributed by atoms with E-state index in [1.54, 1.807) is 13.0 Å². The fourth-order valence-electron chi connectivity index (χ4n) is 3.28. The van der Waals surface area contributed by atoms with Crippen LogP contribution >= 0.6 is 23.2 Å². The zero-order chi connectivity index (χ0) is 20.0. The van der Waals surface area contributed by atoms with Crippen LogP contribution in [0.5, 0.6) is 0 Å². The molecule has 0 saturated carbocycles. The van der Waals surface area contributed by atoms with E-state index < -0.39 is 24.1 Å². The van der Waals surface area contributed by atoms with Crippen molar-refractivity contribution in [2.45, 2.75) is 24.9 Å². The van der Waals surface area contributed by atoms with Gasteiger partial charge in [-0.05, 0) is 53.9 Å². The summed E-state index contributed by atoms with van der Waals surface area (Å²) < 4.78 is 42.2. The zero-order valence-corrected chi connectivity index (χ0v) is 15.6. The molecule has 0 bridgehead atoms. The van der Waals surface area contributed by atoms with Gasteiger partial charge >= 0.3 is 12.1 Å². The molecule has 2 aromatic carbocycles. The maximum atomic E-state index is 14.1. The highest BCUT2D eigenvalue weighted by Crippen LogP contribution is 2.48. The second-order valence-corrected chi connectivity index (χ2v) is 7.39. The highest BCUT2D eigenvalue weighted by molar-refractivity contribution is 6.34. The van der Waals surface area contributed by atoms with E-state index in [4.69, 9.17) is 28.3 Å². The Hall–Kier alpha value is -2.05. The average Bonchev–Trinajstić information content (AvgIpc) is 3.00. The summed E-state index contributed by atoms with van der Waals surface area (Å²) in [5.74, 6) is -1.09. The van der Waals surface area contributed by atoms with Gasteiger partial charge in [0.15, 0.2) is 0 Å². The monoisotopic (exact) mass is 415 g/mol. The van der Waals surface area contributed by atoms with E-state index in [-0.39, 0.29) is 33.3 Å². The van der Waals surface area contributed by atoms with Crippen LogP contribution in [0.2, 0.25) is 10.0 Å². The Kier molecular flexibility index (Phi) is 4.99. The average molecular weight is 416 g/mol. The molecule has 1 atom stereocenters. The van der Waals surface area contributed by atoms with E-state index in [2.05, 4.69) is 4.99 Å². The smallest absolute Gasteiger partial charge is 0.400 e. The normalized spacial score (nSPS) is 19.9. The first-order valence-electron chi connectivity index (χ1n) is 7.94. The van der Waals surface area contributed by atoms with Gasteiger partial charge in [0.2, 0.25) is 0 Å². The number of aryl methyl sites for hydroxylation is 1. The Bertz CT molecular complexity index is 936. The van der Waals surface area contributed by atoms with Gasteiger partial charge in [-0.3, -0.25) is 4.99 Å². The Morgan fingerprint density at radius 3 is 2.30 bits per heavy atom. The Labute approximate surface area is 163 Å². The van der Waals surface area contributed by atoms with Crippen LogP contribution < -0.4 is 0 Å². The van der Waals surface area contributed by atoms with Crippen LogP contribution in [0.1, 0.15) is 33.5 Å². The van der Waals surface area contributed by atoms with Crippen molar-refractivity contribution in [1.82, 2.24) is 0 Å². The molecule has 3 nitrogen and oxygen atoms in total. The fourth-order valence-corrected chi connectivity index (χ4v) is 3.81. The first-order valence-corrected chi connectivity index (χ1v) is 8.70. The third-order valence-electron chi connectivity index (χ3n) is 4.76. The van der Waals surface area contributed by atoms with Gasteiger partial charge in [-0.15, -0.1) is 0 Å². The first-order chi connectivity index (χ1) is 12.5. The number of benzene rings is 2. The van der Waals surface area contributed by atoms with Crippen LogP contribution in [0.4, 0.5) is 13.2 Å². The number of rotatable bonds is 3. The van der Waals surface area contributed by atoms with Crippen LogP contribution in [0.25, 0.3) is 0 Å². The van der Waals surface area contributed by atoms with Crippen LogP contribution in [-0.2, 0) is 5.41 Å². The van der Waals surface area contributed by atoms with Gasteiger partial charge in [0.25, 0.3) is 0 Å². The van der Waals surface area contributed by atoms with E-state index in [1.165, 1.54) is 30.3 Å². The molecule has 1 heterocycles. The quantitative estimate of drug-likeness (QED) is 0.699. The number of halogens is 5. The van der Waals surface area contributed by atoms with Crippen molar-refractivity contribution in [3.8, 4) is 0 Å². The number of hydrogen-bond donors (Lipinski definition) is 1. The molecule has 3 rings (SSSR count). The molecule has 1 aliphatic rings. The summed E-state index contributed by atoms with van der Waals surface area (Å²) in [5, 5.41) is 9.35. The molecule has 1 N–H and O–H groups in total. The third-order valence-corrected chi connectivity index (χ3v) is 5.19. The summed E-state index contributed by atoms with van der Waals surface area (Å²) in [7, 11) is 0. The largest absolute Gasteiger partial charge is 0.478 e. The van der Waals surface area contributed by atoms with Crippen molar-refractivity contribution in [2.24, 2.45) is 4.99 Å². The number of carboxylic acid groups (broad SMARTS) is 1. The van der Waals surface area contributed by atoms with E-state index in [1.807, 2.05) is 0 Å². The van der Waals surface area contributed by atoms with Crippen molar-refractivity contribution in [3.63, 3.8) is 0 Å². The maximum Gasteiger partial charge on any atom is 0.400 e. The molecular formula is C19H14Cl2F3NO2. The highest BCUT2D eigenvalue weighted by Gasteiger charge is 2.58. The van der Waals surface area contributed by atoms with Crippen LogP contribution in [0.15, 0.2) is 41.4 Å². The van der Waals surface area contributed by atoms with Gasteiger partial charge < -0.3 is 5.11 Å². The lowest BCUT2D eigenvalue weighted by atomic mass is 9.76. The number of carboxylic acids is 1. The van der Waals surface area contributed by atoms with Gasteiger partial charge in [-0.1, -0.05) is 29.3 Å². The minimum absolute atomic E-state index is 0.0369. The molecule has 1 aliphatic heterocycles. The Balaban J connectivity index is 2.02. The summed E-state index contributed by atoms with van der Waals surface area (Å²) >= 11 is 11.8. The van der Waals surface area contributed by atoms with Crippen molar-refractivity contribution in [2.75, 3.05) is 6.54 Å². The maximum absolute atomic E-state index is 14.1. The fraction of sp³-hybridized carbons (Fsp3) is 0.263. The lowest BCUT2D eigenvalue weighted by molar-refractivity contribution is -0.183. The number of aromatic carboxylic acids is 1. The molecule has 142 valence electrons. The standard InChI is InChI=1S/C19H14Cl2F3NO2/c1-10-4-11(2-3-15(10)17(26)27)16-8-18(9-25-16,19(22,23)24)12-5-13(20)7-14(21)6-12/h2-7H,8-9H2,1H3,(H,26,27)/t18-/m0/s1.